The SMILES string of the molecule is Cc1ccc(S(=O)(=O)n2c3c(c4ccccc42)C2(CCOC(c4ccc(Br)cc4)C2)CN(S(=O)(=O)c2ccccc2[N+](=O)[O-])C3)cc1. The highest BCUT2D eigenvalue weighted by molar-refractivity contribution is 9.10. The van der Waals surface area contributed by atoms with Gasteiger partial charge in [0.15, 0.2) is 4.90 Å². The molecule has 2 unspecified atom stereocenters. The van der Waals surface area contributed by atoms with E-state index in [1.54, 1.807) is 36.4 Å². The Morgan fingerprint density at radius 2 is 1.57 bits per heavy atom. The zero-order valence-electron chi connectivity index (χ0n) is 25.2. The summed E-state index contributed by atoms with van der Waals surface area (Å²) in [6, 6.07) is 26.7. The van der Waals surface area contributed by atoms with Crippen LogP contribution in [0.3, 0.4) is 0 Å². The van der Waals surface area contributed by atoms with E-state index >= 15 is 0 Å². The second kappa shape index (κ2) is 11.7. The lowest BCUT2D eigenvalue weighted by Crippen LogP contribution is -2.51. The average molecular weight is 737 g/mol. The van der Waals surface area contributed by atoms with Gasteiger partial charge in [-0.25, -0.2) is 20.8 Å². The number of ether oxygens (including phenoxy) is 1. The lowest BCUT2D eigenvalue weighted by atomic mass is 9.69. The first-order chi connectivity index (χ1) is 22.4. The molecule has 0 aliphatic carbocycles. The molecule has 47 heavy (non-hydrogen) atoms. The van der Waals surface area contributed by atoms with Crippen molar-refractivity contribution in [1.29, 1.82) is 0 Å². The van der Waals surface area contributed by atoms with Crippen molar-refractivity contribution in [2.24, 2.45) is 0 Å². The second-order valence-electron chi connectivity index (χ2n) is 12.1. The Labute approximate surface area is 281 Å². The lowest BCUT2D eigenvalue weighted by molar-refractivity contribution is -0.387. The summed E-state index contributed by atoms with van der Waals surface area (Å²) in [7, 11) is -8.69. The molecule has 242 valence electrons. The summed E-state index contributed by atoms with van der Waals surface area (Å²) in [4.78, 5) is 10.9. The van der Waals surface area contributed by atoms with Crippen LogP contribution in [0.25, 0.3) is 10.9 Å². The summed E-state index contributed by atoms with van der Waals surface area (Å²) in [5, 5.41) is 12.7. The molecule has 2 atom stereocenters. The van der Waals surface area contributed by atoms with Crippen molar-refractivity contribution < 1.29 is 26.5 Å². The lowest BCUT2D eigenvalue weighted by Gasteiger charge is -2.47. The van der Waals surface area contributed by atoms with E-state index in [2.05, 4.69) is 15.9 Å². The molecule has 5 aromatic rings. The molecule has 1 spiro atoms. The number of hydrogen-bond acceptors (Lipinski definition) is 7. The normalized spacial score (nSPS) is 20.3. The Bertz CT molecular complexity index is 2250. The number of nitro groups is 1. The summed E-state index contributed by atoms with van der Waals surface area (Å²) in [5.74, 6) is 0. The van der Waals surface area contributed by atoms with E-state index in [1.807, 2.05) is 43.3 Å². The van der Waals surface area contributed by atoms with Gasteiger partial charge in [0.2, 0.25) is 10.0 Å². The van der Waals surface area contributed by atoms with Gasteiger partial charge in [-0.2, -0.15) is 4.31 Å². The minimum Gasteiger partial charge on any atom is -0.373 e. The molecule has 1 aromatic heterocycles. The maximum absolute atomic E-state index is 14.5. The van der Waals surface area contributed by atoms with Gasteiger partial charge in [-0.05, 0) is 67.3 Å². The van der Waals surface area contributed by atoms with E-state index in [4.69, 9.17) is 4.74 Å². The van der Waals surface area contributed by atoms with Gasteiger partial charge in [0, 0.05) is 34.5 Å². The van der Waals surface area contributed by atoms with Crippen LogP contribution in [0.15, 0.2) is 111 Å². The van der Waals surface area contributed by atoms with Gasteiger partial charge < -0.3 is 4.74 Å². The van der Waals surface area contributed by atoms with Crippen molar-refractivity contribution in [2.45, 2.75) is 47.6 Å². The monoisotopic (exact) mass is 735 g/mol. The number of aromatic nitrogens is 1. The highest BCUT2D eigenvalue weighted by Crippen LogP contribution is 2.52. The summed E-state index contributed by atoms with van der Waals surface area (Å²) >= 11 is 3.48. The molecular formula is C34H30BrN3O7S2. The molecule has 3 heterocycles. The zero-order valence-corrected chi connectivity index (χ0v) is 28.5. The van der Waals surface area contributed by atoms with Crippen molar-refractivity contribution in [3.63, 3.8) is 0 Å². The first kappa shape index (κ1) is 31.7. The van der Waals surface area contributed by atoms with Gasteiger partial charge in [0.25, 0.3) is 15.7 Å². The largest absolute Gasteiger partial charge is 0.373 e. The molecule has 0 N–H and O–H groups in total. The number of aryl methyl sites for hydroxylation is 1. The standard InChI is InChI=1S/C34H30BrN3O7S2/c1-23-10-16-26(17-11-23)46(41,42)37-28-7-3-2-6-27(28)33-30(37)21-36(47(43,44)32-9-5-4-8-29(32)38(39)40)22-34(33)18-19-45-31(20-34)24-12-14-25(35)15-13-24/h2-17,31H,18-22H2,1H3. The third kappa shape index (κ3) is 5.30. The fraction of sp³-hybridized carbons (Fsp3) is 0.235. The molecule has 1 fully saturated rings. The van der Waals surface area contributed by atoms with Crippen molar-refractivity contribution in [3.05, 3.63) is 134 Å². The zero-order chi connectivity index (χ0) is 33.1. The molecule has 0 bridgehead atoms. The van der Waals surface area contributed by atoms with Crippen LogP contribution >= 0.6 is 15.9 Å². The fourth-order valence-corrected chi connectivity index (χ4v) is 10.5. The van der Waals surface area contributed by atoms with E-state index < -0.39 is 47.1 Å². The molecule has 0 saturated carbocycles. The third-order valence-corrected chi connectivity index (χ3v) is 13.4. The summed E-state index contributed by atoms with van der Waals surface area (Å²) in [5.41, 5.74) is 1.90. The van der Waals surface area contributed by atoms with Crippen LogP contribution in [0.4, 0.5) is 5.69 Å². The highest BCUT2D eigenvalue weighted by Gasteiger charge is 2.51. The van der Waals surface area contributed by atoms with E-state index in [-0.39, 0.29) is 18.0 Å². The van der Waals surface area contributed by atoms with Crippen LogP contribution in [0.2, 0.25) is 0 Å². The third-order valence-electron chi connectivity index (χ3n) is 9.22. The van der Waals surface area contributed by atoms with Crippen LogP contribution < -0.4 is 0 Å². The maximum atomic E-state index is 14.5. The van der Waals surface area contributed by atoms with E-state index in [0.29, 0.717) is 30.7 Å². The summed E-state index contributed by atoms with van der Waals surface area (Å²) in [6.07, 6.45) is 0.367. The predicted molar refractivity (Wildman–Crippen MR) is 180 cm³/mol. The van der Waals surface area contributed by atoms with E-state index in [0.717, 1.165) is 32.6 Å². The number of para-hydroxylation sites is 2. The average Bonchev–Trinajstić information content (AvgIpc) is 3.41. The Morgan fingerprint density at radius 3 is 2.30 bits per heavy atom. The fourth-order valence-electron chi connectivity index (χ4n) is 7.04. The Hall–Kier alpha value is -3.88. The van der Waals surface area contributed by atoms with Crippen LogP contribution in [-0.2, 0) is 36.7 Å². The van der Waals surface area contributed by atoms with Gasteiger partial charge >= 0.3 is 0 Å². The maximum Gasteiger partial charge on any atom is 0.289 e. The van der Waals surface area contributed by atoms with Crippen molar-refractivity contribution >= 4 is 52.6 Å². The topological polar surface area (TPSA) is 129 Å². The Balaban J connectivity index is 1.49. The molecule has 0 amide bonds. The molecule has 7 rings (SSSR count). The van der Waals surface area contributed by atoms with Crippen LogP contribution in [-0.4, -0.2) is 43.2 Å². The molecule has 13 heteroatoms. The van der Waals surface area contributed by atoms with Gasteiger partial charge in [-0.3, -0.25) is 10.1 Å². The molecule has 10 nitrogen and oxygen atoms in total. The van der Waals surface area contributed by atoms with Gasteiger partial charge in [0.05, 0.1) is 33.7 Å². The Morgan fingerprint density at radius 1 is 0.894 bits per heavy atom. The molecule has 4 aromatic carbocycles. The smallest absolute Gasteiger partial charge is 0.289 e. The van der Waals surface area contributed by atoms with Crippen molar-refractivity contribution in [2.75, 3.05) is 13.2 Å². The number of rotatable bonds is 6. The second-order valence-corrected chi connectivity index (χ2v) is 16.7. The van der Waals surface area contributed by atoms with Crippen LogP contribution in [0.5, 0.6) is 0 Å². The van der Waals surface area contributed by atoms with Crippen molar-refractivity contribution in [1.82, 2.24) is 8.28 Å². The first-order valence-electron chi connectivity index (χ1n) is 15.0. The van der Waals surface area contributed by atoms with Gasteiger partial charge in [0.1, 0.15) is 0 Å². The van der Waals surface area contributed by atoms with E-state index in [9.17, 15) is 26.9 Å². The number of nitrogens with zero attached hydrogens (tertiary/aromatic N) is 3. The van der Waals surface area contributed by atoms with E-state index in [1.165, 1.54) is 26.5 Å². The summed E-state index contributed by atoms with van der Waals surface area (Å²) in [6.45, 7) is 1.85. The number of halogens is 1. The van der Waals surface area contributed by atoms with Crippen LogP contribution in [0.1, 0.15) is 41.3 Å². The number of fused-ring (bicyclic) bond motifs is 4. The Kier molecular flexibility index (Phi) is 7.87. The first-order valence-corrected chi connectivity index (χ1v) is 18.7. The minimum absolute atomic E-state index is 0.0106. The molecule has 1 saturated heterocycles. The van der Waals surface area contributed by atoms with Crippen molar-refractivity contribution in [3.8, 4) is 0 Å². The number of benzene rings is 4. The molecule has 2 aliphatic rings. The number of hydrogen-bond donors (Lipinski definition) is 0. The quantitative estimate of drug-likeness (QED) is 0.138. The van der Waals surface area contributed by atoms with Crippen LogP contribution in [0, 0.1) is 17.0 Å². The van der Waals surface area contributed by atoms with Gasteiger partial charge in [-0.15, -0.1) is 0 Å². The predicted octanol–water partition coefficient (Wildman–Crippen LogP) is 6.85. The summed E-state index contributed by atoms with van der Waals surface area (Å²) < 4.78 is 67.6. The molecule has 0 radical (unpaired) electrons. The highest BCUT2D eigenvalue weighted by atomic mass is 79.9. The number of nitro benzene ring substituents is 1. The van der Waals surface area contributed by atoms with Gasteiger partial charge in [-0.1, -0.05) is 76.1 Å². The molecule has 2 aliphatic heterocycles. The number of sulfonamides is 1. The minimum atomic E-state index is -4.48. The molecular weight excluding hydrogens is 706 g/mol.